The highest BCUT2D eigenvalue weighted by atomic mass is 32.1. The summed E-state index contributed by atoms with van der Waals surface area (Å²) in [5.41, 5.74) is 0.733. The van der Waals surface area contributed by atoms with E-state index in [1.54, 1.807) is 18.5 Å². The SMILES string of the molecule is O=C(Nc1nc(-c2cccnc2)ns1)C(=O)N[C@@H]1CCCC[C@H]1CO. The van der Waals surface area contributed by atoms with E-state index in [9.17, 15) is 14.7 Å². The molecule has 2 aromatic heterocycles. The Hall–Kier alpha value is -2.39. The molecule has 0 unspecified atom stereocenters. The highest BCUT2D eigenvalue weighted by molar-refractivity contribution is 7.10. The number of carbonyl (C=O) groups excluding carboxylic acids is 2. The number of hydrogen-bond acceptors (Lipinski definition) is 7. The van der Waals surface area contributed by atoms with E-state index in [2.05, 4.69) is 25.0 Å². The van der Waals surface area contributed by atoms with Gasteiger partial charge in [-0.3, -0.25) is 19.9 Å². The summed E-state index contributed by atoms with van der Waals surface area (Å²) in [6.45, 7) is 0.0113. The fraction of sp³-hybridized carbons (Fsp3) is 0.438. The van der Waals surface area contributed by atoms with Gasteiger partial charge >= 0.3 is 11.8 Å². The minimum absolute atomic E-state index is 0.00390. The lowest BCUT2D eigenvalue weighted by Crippen LogP contribution is -2.47. The molecule has 2 heterocycles. The summed E-state index contributed by atoms with van der Waals surface area (Å²) < 4.78 is 4.15. The van der Waals surface area contributed by atoms with Gasteiger partial charge in [0, 0.05) is 48.1 Å². The number of hydrogen-bond donors (Lipinski definition) is 3. The van der Waals surface area contributed by atoms with Crippen LogP contribution in [0.5, 0.6) is 0 Å². The minimum Gasteiger partial charge on any atom is -0.396 e. The molecule has 2 atom stereocenters. The van der Waals surface area contributed by atoms with Crippen molar-refractivity contribution in [3.05, 3.63) is 24.5 Å². The molecule has 2 aromatic rings. The van der Waals surface area contributed by atoms with Crippen molar-refractivity contribution in [2.45, 2.75) is 31.7 Å². The summed E-state index contributed by atoms with van der Waals surface area (Å²) in [6, 6.07) is 3.41. The van der Waals surface area contributed by atoms with Crippen LogP contribution >= 0.6 is 11.5 Å². The van der Waals surface area contributed by atoms with E-state index in [0.717, 1.165) is 42.8 Å². The highest BCUT2D eigenvalue weighted by Gasteiger charge is 2.28. The van der Waals surface area contributed by atoms with E-state index in [4.69, 9.17) is 0 Å². The molecule has 1 saturated carbocycles. The molecule has 0 saturated heterocycles. The number of amides is 2. The van der Waals surface area contributed by atoms with Gasteiger partial charge in [-0.1, -0.05) is 12.8 Å². The predicted molar refractivity (Wildman–Crippen MR) is 92.7 cm³/mol. The fourth-order valence-electron chi connectivity index (χ4n) is 2.89. The Morgan fingerprint density at radius 1 is 1.28 bits per heavy atom. The minimum atomic E-state index is -0.781. The van der Waals surface area contributed by atoms with E-state index < -0.39 is 11.8 Å². The molecule has 25 heavy (non-hydrogen) atoms. The molecular weight excluding hydrogens is 342 g/mol. The summed E-state index contributed by atoms with van der Waals surface area (Å²) in [5.74, 6) is -1.05. The van der Waals surface area contributed by atoms with Gasteiger partial charge < -0.3 is 10.4 Å². The Morgan fingerprint density at radius 2 is 2.12 bits per heavy atom. The van der Waals surface area contributed by atoms with Crippen LogP contribution in [0.1, 0.15) is 25.7 Å². The van der Waals surface area contributed by atoms with Gasteiger partial charge in [-0.2, -0.15) is 9.36 Å². The van der Waals surface area contributed by atoms with Gasteiger partial charge in [0.05, 0.1) is 0 Å². The number of rotatable bonds is 4. The average molecular weight is 361 g/mol. The number of aliphatic hydroxyl groups is 1. The first-order valence-electron chi connectivity index (χ1n) is 8.14. The lowest BCUT2D eigenvalue weighted by atomic mass is 9.85. The summed E-state index contributed by atoms with van der Waals surface area (Å²) in [4.78, 5) is 32.4. The quantitative estimate of drug-likeness (QED) is 0.705. The molecule has 9 heteroatoms. The van der Waals surface area contributed by atoms with E-state index in [0.29, 0.717) is 5.82 Å². The third-order valence-corrected chi connectivity index (χ3v) is 4.86. The third-order valence-electron chi connectivity index (χ3n) is 4.23. The molecule has 0 aromatic carbocycles. The van der Waals surface area contributed by atoms with Crippen LogP contribution in [0.2, 0.25) is 0 Å². The Bertz CT molecular complexity index is 736. The smallest absolute Gasteiger partial charge is 0.315 e. The summed E-state index contributed by atoms with van der Waals surface area (Å²) >= 11 is 1.00. The van der Waals surface area contributed by atoms with Gasteiger partial charge in [0.15, 0.2) is 5.82 Å². The van der Waals surface area contributed by atoms with Crippen LogP contribution in [-0.4, -0.2) is 43.9 Å². The summed E-state index contributed by atoms with van der Waals surface area (Å²) in [7, 11) is 0. The molecule has 1 aliphatic carbocycles. The van der Waals surface area contributed by atoms with Crippen molar-refractivity contribution in [1.82, 2.24) is 19.7 Å². The first kappa shape index (κ1) is 17.4. The van der Waals surface area contributed by atoms with Crippen LogP contribution in [0.15, 0.2) is 24.5 Å². The number of pyridine rings is 1. The molecule has 8 nitrogen and oxygen atoms in total. The molecule has 2 amide bonds. The van der Waals surface area contributed by atoms with Crippen molar-refractivity contribution in [2.75, 3.05) is 11.9 Å². The molecule has 0 bridgehead atoms. The predicted octanol–water partition coefficient (Wildman–Crippen LogP) is 1.21. The first-order chi connectivity index (χ1) is 12.2. The van der Waals surface area contributed by atoms with Gasteiger partial charge in [-0.05, 0) is 25.0 Å². The van der Waals surface area contributed by atoms with E-state index in [-0.39, 0.29) is 23.7 Å². The van der Waals surface area contributed by atoms with Crippen LogP contribution in [0.4, 0.5) is 5.13 Å². The lowest BCUT2D eigenvalue weighted by molar-refractivity contribution is -0.137. The number of anilines is 1. The maximum Gasteiger partial charge on any atom is 0.315 e. The van der Waals surface area contributed by atoms with Crippen molar-refractivity contribution in [2.24, 2.45) is 5.92 Å². The van der Waals surface area contributed by atoms with Gasteiger partial charge in [0.2, 0.25) is 5.13 Å². The highest BCUT2D eigenvalue weighted by Crippen LogP contribution is 2.24. The number of aromatic nitrogens is 3. The Morgan fingerprint density at radius 3 is 2.88 bits per heavy atom. The zero-order valence-corrected chi connectivity index (χ0v) is 14.3. The Labute approximate surface area is 148 Å². The Kier molecular flexibility index (Phi) is 5.67. The summed E-state index contributed by atoms with van der Waals surface area (Å²) in [5, 5.41) is 14.8. The van der Waals surface area contributed by atoms with Crippen molar-refractivity contribution >= 4 is 28.5 Å². The topological polar surface area (TPSA) is 117 Å². The number of nitrogens with zero attached hydrogens (tertiary/aromatic N) is 3. The number of aliphatic hydroxyl groups excluding tert-OH is 1. The van der Waals surface area contributed by atoms with Crippen LogP contribution in [0, 0.1) is 5.92 Å². The lowest BCUT2D eigenvalue weighted by Gasteiger charge is -2.30. The van der Waals surface area contributed by atoms with Gasteiger partial charge in [0.1, 0.15) is 0 Å². The van der Waals surface area contributed by atoms with Crippen LogP contribution < -0.4 is 10.6 Å². The average Bonchev–Trinajstić information content (AvgIpc) is 3.11. The van der Waals surface area contributed by atoms with E-state index >= 15 is 0 Å². The zero-order chi connectivity index (χ0) is 17.6. The second kappa shape index (κ2) is 8.13. The van der Waals surface area contributed by atoms with Crippen molar-refractivity contribution in [3.8, 4) is 11.4 Å². The van der Waals surface area contributed by atoms with Crippen molar-refractivity contribution < 1.29 is 14.7 Å². The molecule has 1 fully saturated rings. The van der Waals surface area contributed by atoms with Crippen LogP contribution in [-0.2, 0) is 9.59 Å². The monoisotopic (exact) mass is 361 g/mol. The normalized spacial score (nSPS) is 20.0. The van der Waals surface area contributed by atoms with Crippen molar-refractivity contribution in [1.29, 1.82) is 0 Å². The molecule has 3 N–H and O–H groups in total. The molecule has 3 rings (SSSR count). The second-order valence-electron chi connectivity index (χ2n) is 5.93. The zero-order valence-electron chi connectivity index (χ0n) is 13.5. The molecule has 132 valence electrons. The largest absolute Gasteiger partial charge is 0.396 e. The first-order valence-corrected chi connectivity index (χ1v) is 8.91. The van der Waals surface area contributed by atoms with E-state index in [1.807, 2.05) is 6.07 Å². The van der Waals surface area contributed by atoms with Gasteiger partial charge in [-0.25, -0.2) is 0 Å². The Balaban J connectivity index is 1.58. The molecule has 0 aliphatic heterocycles. The number of carbonyl (C=O) groups is 2. The number of nitrogens with one attached hydrogen (secondary N) is 2. The molecule has 0 spiro atoms. The molecule has 1 aliphatic rings. The fourth-order valence-corrected chi connectivity index (χ4v) is 3.48. The molecular formula is C16H19N5O3S. The van der Waals surface area contributed by atoms with Crippen molar-refractivity contribution in [3.63, 3.8) is 0 Å². The summed E-state index contributed by atoms with van der Waals surface area (Å²) in [6.07, 6.45) is 6.91. The standard InChI is InChI=1S/C16H19N5O3S/c22-9-11-4-1-2-6-12(11)18-14(23)15(24)20-16-19-13(21-25-16)10-5-3-7-17-8-10/h3,5,7-8,11-12,22H,1-2,4,6,9H2,(H,18,23)(H,19,20,21,24)/t11-,12+/m0/s1. The third kappa shape index (κ3) is 4.37. The molecule has 0 radical (unpaired) electrons. The van der Waals surface area contributed by atoms with Crippen LogP contribution in [0.3, 0.4) is 0 Å². The maximum absolute atomic E-state index is 12.1. The maximum atomic E-state index is 12.1. The van der Waals surface area contributed by atoms with E-state index in [1.165, 1.54) is 0 Å². The van der Waals surface area contributed by atoms with Gasteiger partial charge in [-0.15, -0.1) is 0 Å². The van der Waals surface area contributed by atoms with Crippen LogP contribution in [0.25, 0.3) is 11.4 Å². The van der Waals surface area contributed by atoms with Gasteiger partial charge in [0.25, 0.3) is 0 Å². The second-order valence-corrected chi connectivity index (χ2v) is 6.68.